The van der Waals surface area contributed by atoms with Crippen molar-refractivity contribution in [1.82, 2.24) is 14.9 Å². The van der Waals surface area contributed by atoms with E-state index >= 15 is 0 Å². The highest BCUT2D eigenvalue weighted by Crippen LogP contribution is 2.25. The summed E-state index contributed by atoms with van der Waals surface area (Å²) in [6.45, 7) is 1.80. The van der Waals surface area contributed by atoms with Crippen molar-refractivity contribution in [2.75, 3.05) is 26.2 Å². The van der Waals surface area contributed by atoms with Crippen LogP contribution in [0.1, 0.15) is 51.4 Å². The monoisotopic (exact) mass is 409 g/mol. The number of likely N-dealkylation sites (tertiary alicyclic amines) is 2. The smallest absolute Gasteiger partial charge is 0.407 e. The minimum atomic E-state index is -0.900. The zero-order chi connectivity index (χ0) is 21.0. The molecule has 3 fully saturated rings. The van der Waals surface area contributed by atoms with Gasteiger partial charge >= 0.3 is 12.1 Å². The zero-order valence-corrected chi connectivity index (χ0v) is 16.4. The van der Waals surface area contributed by atoms with E-state index in [9.17, 15) is 24.0 Å². The van der Waals surface area contributed by atoms with Gasteiger partial charge in [-0.3, -0.25) is 14.4 Å². The second-order valence-electron chi connectivity index (χ2n) is 7.92. The van der Waals surface area contributed by atoms with E-state index < -0.39 is 29.8 Å². The van der Waals surface area contributed by atoms with Gasteiger partial charge in [-0.15, -0.1) is 5.06 Å². The second kappa shape index (κ2) is 9.23. The largest absolute Gasteiger partial charge is 0.465 e. The van der Waals surface area contributed by atoms with Crippen molar-refractivity contribution in [1.29, 1.82) is 0 Å². The van der Waals surface area contributed by atoms with Gasteiger partial charge in [-0.05, 0) is 38.0 Å². The van der Waals surface area contributed by atoms with Gasteiger partial charge in [0.1, 0.15) is 0 Å². The third-order valence-corrected chi connectivity index (χ3v) is 5.95. The van der Waals surface area contributed by atoms with Gasteiger partial charge in [0.2, 0.25) is 5.91 Å². The van der Waals surface area contributed by atoms with Crippen LogP contribution in [0.2, 0.25) is 0 Å². The summed E-state index contributed by atoms with van der Waals surface area (Å²) in [5, 5.41) is 9.54. The van der Waals surface area contributed by atoms with Crippen molar-refractivity contribution in [2.45, 2.75) is 51.4 Å². The zero-order valence-electron chi connectivity index (χ0n) is 16.4. The van der Waals surface area contributed by atoms with Crippen LogP contribution in [0.4, 0.5) is 4.79 Å². The molecule has 10 nitrogen and oxygen atoms in total. The lowest BCUT2D eigenvalue weighted by Crippen LogP contribution is -2.45. The number of hydroxylamine groups is 2. The highest BCUT2D eigenvalue weighted by molar-refractivity contribution is 6.01. The Morgan fingerprint density at radius 1 is 0.966 bits per heavy atom. The summed E-state index contributed by atoms with van der Waals surface area (Å²) in [5.74, 6) is -1.93. The molecule has 1 N–H and O–H groups in total. The third-order valence-electron chi connectivity index (χ3n) is 5.95. The molecule has 29 heavy (non-hydrogen) atoms. The standard InChI is InChI=1S/C19H27N3O7/c23-15(4-3-13-7-10-20(11-8-13)19(27)28)21-9-1-2-14(12-21)18(26)29-22-16(24)5-6-17(22)25/h13-14H,1-12H2,(H,27,28)/t14-/m1/s1. The lowest BCUT2D eigenvalue weighted by molar-refractivity contribution is -0.201. The van der Waals surface area contributed by atoms with Gasteiger partial charge in [0.05, 0.1) is 5.92 Å². The molecule has 3 saturated heterocycles. The number of nitrogens with zero attached hydrogens (tertiary/aromatic N) is 3. The lowest BCUT2D eigenvalue weighted by atomic mass is 9.91. The number of piperidine rings is 2. The number of hydrogen-bond acceptors (Lipinski definition) is 6. The molecule has 3 aliphatic rings. The van der Waals surface area contributed by atoms with Gasteiger partial charge in [0, 0.05) is 45.4 Å². The number of rotatable bonds is 5. The van der Waals surface area contributed by atoms with Crippen LogP contribution in [0.3, 0.4) is 0 Å². The predicted molar refractivity (Wildman–Crippen MR) is 98.0 cm³/mol. The molecule has 160 valence electrons. The van der Waals surface area contributed by atoms with E-state index in [4.69, 9.17) is 9.94 Å². The van der Waals surface area contributed by atoms with Crippen LogP contribution in [0.25, 0.3) is 0 Å². The molecular formula is C19H27N3O7. The summed E-state index contributed by atoms with van der Waals surface area (Å²) in [5.41, 5.74) is 0. The Balaban J connectivity index is 1.43. The van der Waals surface area contributed by atoms with Crippen LogP contribution >= 0.6 is 0 Å². The van der Waals surface area contributed by atoms with Gasteiger partial charge in [0.15, 0.2) is 0 Å². The van der Waals surface area contributed by atoms with E-state index in [-0.39, 0.29) is 25.3 Å². The molecule has 0 aromatic carbocycles. The number of carbonyl (C=O) groups is 5. The molecule has 0 saturated carbocycles. The minimum Gasteiger partial charge on any atom is -0.465 e. The number of carbonyl (C=O) groups excluding carboxylic acids is 4. The molecule has 3 rings (SSSR count). The van der Waals surface area contributed by atoms with E-state index in [0.29, 0.717) is 56.3 Å². The molecule has 3 aliphatic heterocycles. The Bertz CT molecular complexity index is 671. The van der Waals surface area contributed by atoms with Crippen LogP contribution in [0, 0.1) is 11.8 Å². The molecule has 0 bridgehead atoms. The molecule has 4 amide bonds. The maximum atomic E-state index is 12.6. The normalized spacial score (nSPS) is 23.4. The Morgan fingerprint density at radius 3 is 2.24 bits per heavy atom. The average molecular weight is 409 g/mol. The van der Waals surface area contributed by atoms with Crippen molar-refractivity contribution in [3.63, 3.8) is 0 Å². The van der Waals surface area contributed by atoms with Crippen LogP contribution in [0.15, 0.2) is 0 Å². The Hall–Kier alpha value is -2.65. The van der Waals surface area contributed by atoms with E-state index in [1.807, 2.05) is 0 Å². The maximum absolute atomic E-state index is 12.6. The molecular weight excluding hydrogens is 382 g/mol. The maximum Gasteiger partial charge on any atom is 0.407 e. The Labute approximate surface area is 168 Å². The van der Waals surface area contributed by atoms with Gasteiger partial charge < -0.3 is 19.7 Å². The fourth-order valence-corrected chi connectivity index (χ4v) is 4.12. The summed E-state index contributed by atoms with van der Waals surface area (Å²) in [6.07, 6.45) is 2.98. The van der Waals surface area contributed by atoms with Crippen LogP contribution in [-0.4, -0.2) is 75.9 Å². The number of carboxylic acid groups (broad SMARTS) is 1. The topological polar surface area (TPSA) is 125 Å². The quantitative estimate of drug-likeness (QED) is 0.672. The van der Waals surface area contributed by atoms with Crippen LogP contribution in [-0.2, 0) is 24.0 Å². The minimum absolute atomic E-state index is 0.0310. The molecule has 0 unspecified atom stereocenters. The van der Waals surface area contributed by atoms with E-state index in [1.165, 1.54) is 4.90 Å². The van der Waals surface area contributed by atoms with Crippen molar-refractivity contribution >= 4 is 29.8 Å². The van der Waals surface area contributed by atoms with Crippen molar-refractivity contribution in [2.24, 2.45) is 11.8 Å². The Morgan fingerprint density at radius 2 is 1.62 bits per heavy atom. The van der Waals surface area contributed by atoms with Crippen LogP contribution < -0.4 is 0 Å². The first-order valence-electron chi connectivity index (χ1n) is 10.2. The van der Waals surface area contributed by atoms with Crippen molar-refractivity contribution in [3.05, 3.63) is 0 Å². The summed E-state index contributed by atoms with van der Waals surface area (Å²) in [6, 6.07) is 0. The SMILES string of the molecule is O=C(ON1C(=O)CCC1=O)[C@@H]1CCCN(C(=O)CCC2CCN(C(=O)O)CC2)C1. The molecule has 0 aromatic heterocycles. The van der Waals surface area contributed by atoms with Crippen molar-refractivity contribution in [3.8, 4) is 0 Å². The summed E-state index contributed by atoms with van der Waals surface area (Å²) >= 11 is 0. The molecule has 0 spiro atoms. The molecule has 1 atom stereocenters. The Kier molecular flexibility index (Phi) is 6.71. The number of amides is 4. The van der Waals surface area contributed by atoms with Gasteiger partial charge in [-0.25, -0.2) is 9.59 Å². The molecule has 10 heteroatoms. The molecule has 0 radical (unpaired) electrons. The summed E-state index contributed by atoms with van der Waals surface area (Å²) < 4.78 is 0. The molecule has 3 heterocycles. The molecule has 0 aliphatic carbocycles. The highest BCUT2D eigenvalue weighted by Gasteiger charge is 2.36. The van der Waals surface area contributed by atoms with Gasteiger partial charge in [-0.2, -0.15) is 0 Å². The second-order valence-corrected chi connectivity index (χ2v) is 7.92. The van der Waals surface area contributed by atoms with E-state index in [0.717, 1.165) is 12.8 Å². The van der Waals surface area contributed by atoms with E-state index in [2.05, 4.69) is 0 Å². The van der Waals surface area contributed by atoms with Gasteiger partial charge in [0.25, 0.3) is 11.8 Å². The van der Waals surface area contributed by atoms with Crippen LogP contribution in [0.5, 0.6) is 0 Å². The average Bonchev–Trinajstić information content (AvgIpc) is 3.04. The summed E-state index contributed by atoms with van der Waals surface area (Å²) in [7, 11) is 0. The first kappa shape index (κ1) is 21.1. The first-order valence-corrected chi connectivity index (χ1v) is 10.2. The summed E-state index contributed by atoms with van der Waals surface area (Å²) in [4.78, 5) is 67.1. The fourth-order valence-electron chi connectivity index (χ4n) is 4.12. The fraction of sp³-hybridized carbons (Fsp3) is 0.737. The third kappa shape index (κ3) is 5.24. The first-order chi connectivity index (χ1) is 13.8. The highest BCUT2D eigenvalue weighted by atomic mass is 16.7. The van der Waals surface area contributed by atoms with E-state index in [1.54, 1.807) is 4.90 Å². The number of hydrogen-bond donors (Lipinski definition) is 1. The predicted octanol–water partition coefficient (Wildman–Crippen LogP) is 1.00. The van der Waals surface area contributed by atoms with Crippen molar-refractivity contribution < 1.29 is 33.9 Å². The lowest BCUT2D eigenvalue weighted by Gasteiger charge is -2.33. The number of imide groups is 1. The van der Waals surface area contributed by atoms with Gasteiger partial charge in [-0.1, -0.05) is 0 Å². The molecule has 0 aromatic rings.